The second-order valence-electron chi connectivity index (χ2n) is 6.62. The van der Waals surface area contributed by atoms with Crippen molar-refractivity contribution >= 4 is 16.1 Å². The van der Waals surface area contributed by atoms with Crippen LogP contribution in [-0.4, -0.2) is 68.5 Å². The lowest BCUT2D eigenvalue weighted by Crippen LogP contribution is -2.49. The molecule has 0 radical (unpaired) electrons. The van der Waals surface area contributed by atoms with Crippen LogP contribution in [0.1, 0.15) is 19.4 Å². The highest BCUT2D eigenvalue weighted by Gasteiger charge is 2.52. The van der Waals surface area contributed by atoms with Gasteiger partial charge in [-0.25, -0.2) is 8.98 Å². The van der Waals surface area contributed by atoms with Gasteiger partial charge in [0, 0.05) is 0 Å². The molecule has 1 aromatic carbocycles. The Kier molecular flexibility index (Phi) is 6.61. The number of hydrogen-bond donors (Lipinski definition) is 2. The number of methoxy groups -OCH3 is 1. The molecular weight excluding hydrogens is 380 g/mol. The fraction of sp³-hybridized carbons (Fsp3) is 0.588. The molecule has 0 saturated carbocycles. The second kappa shape index (κ2) is 8.21. The van der Waals surface area contributed by atoms with Gasteiger partial charge in [-0.15, -0.1) is 0 Å². The first-order chi connectivity index (χ1) is 12.5. The number of carbonyl (C=O) groups is 1. The van der Waals surface area contributed by atoms with Crippen LogP contribution in [0.5, 0.6) is 0 Å². The fourth-order valence-electron chi connectivity index (χ4n) is 2.69. The monoisotopic (exact) mass is 404 g/mol. The molecule has 1 aliphatic rings. The van der Waals surface area contributed by atoms with E-state index in [0.29, 0.717) is 0 Å². The average Bonchev–Trinajstić information content (AvgIpc) is 2.94. The van der Waals surface area contributed by atoms with Gasteiger partial charge in [-0.2, -0.15) is 8.42 Å². The lowest BCUT2D eigenvalue weighted by molar-refractivity contribution is -0.169. The number of aliphatic hydroxyl groups is 2. The highest BCUT2D eigenvalue weighted by molar-refractivity contribution is 7.86. The van der Waals surface area contributed by atoms with E-state index in [4.69, 9.17) is 13.7 Å². The van der Waals surface area contributed by atoms with Gasteiger partial charge in [-0.1, -0.05) is 17.7 Å². The summed E-state index contributed by atoms with van der Waals surface area (Å²) in [6.45, 7) is 4.15. The number of carbonyl (C=O) groups excluding carboxylic acids is 1. The van der Waals surface area contributed by atoms with E-state index >= 15 is 0 Å². The lowest BCUT2D eigenvalue weighted by Gasteiger charge is -2.26. The number of hydrogen-bond acceptors (Lipinski definition) is 9. The molecular formula is C17H24O9S. The Morgan fingerprint density at radius 1 is 1.22 bits per heavy atom. The molecule has 1 aliphatic heterocycles. The van der Waals surface area contributed by atoms with E-state index < -0.39 is 52.9 Å². The first-order valence-corrected chi connectivity index (χ1v) is 9.64. The van der Waals surface area contributed by atoms with Gasteiger partial charge in [-0.3, -0.25) is 0 Å². The molecule has 2 N–H and O–H groups in total. The Morgan fingerprint density at radius 2 is 1.78 bits per heavy atom. The largest absolute Gasteiger partial charge is 0.467 e. The molecule has 1 heterocycles. The summed E-state index contributed by atoms with van der Waals surface area (Å²) in [6, 6.07) is 5.85. The van der Waals surface area contributed by atoms with E-state index in [1.807, 2.05) is 0 Å². The second-order valence-corrected chi connectivity index (χ2v) is 8.19. The van der Waals surface area contributed by atoms with Gasteiger partial charge >= 0.3 is 5.97 Å². The summed E-state index contributed by atoms with van der Waals surface area (Å²) in [5.41, 5.74) is 0.846. The van der Waals surface area contributed by atoms with Crippen molar-refractivity contribution in [1.29, 1.82) is 0 Å². The topological polar surface area (TPSA) is 129 Å². The van der Waals surface area contributed by atoms with Crippen LogP contribution >= 0.6 is 0 Å². The van der Waals surface area contributed by atoms with E-state index in [1.54, 1.807) is 19.1 Å². The molecule has 0 amide bonds. The van der Waals surface area contributed by atoms with Crippen LogP contribution in [0.25, 0.3) is 0 Å². The predicted octanol–water partition coefficient (Wildman–Crippen LogP) is 0.115. The van der Waals surface area contributed by atoms with E-state index in [9.17, 15) is 23.4 Å². The van der Waals surface area contributed by atoms with Crippen LogP contribution in [0.3, 0.4) is 0 Å². The maximum Gasteiger partial charge on any atom is 0.339 e. The van der Waals surface area contributed by atoms with Gasteiger partial charge in [-0.05, 0) is 32.9 Å². The first-order valence-electron chi connectivity index (χ1n) is 8.23. The quantitative estimate of drug-likeness (QED) is 0.481. The molecule has 1 saturated heterocycles. The Hall–Kier alpha value is -1.56. The van der Waals surface area contributed by atoms with Crippen LogP contribution in [0.2, 0.25) is 0 Å². The highest BCUT2D eigenvalue weighted by atomic mass is 32.2. The molecule has 0 aliphatic carbocycles. The number of aryl methyl sites for hydroxylation is 1. The van der Waals surface area contributed by atoms with Crippen molar-refractivity contribution in [2.45, 2.75) is 55.9 Å². The van der Waals surface area contributed by atoms with Gasteiger partial charge in [0.2, 0.25) is 6.10 Å². The number of aliphatic hydroxyl groups excluding tert-OH is 2. The normalized spacial score (nSPS) is 24.4. The molecule has 4 atom stereocenters. The third-order valence-corrected chi connectivity index (χ3v) is 5.31. The summed E-state index contributed by atoms with van der Waals surface area (Å²) in [6.07, 6.45) is -5.69. The molecule has 27 heavy (non-hydrogen) atoms. The van der Waals surface area contributed by atoms with E-state index in [2.05, 4.69) is 4.74 Å². The lowest BCUT2D eigenvalue weighted by atomic mass is 10.0. The van der Waals surface area contributed by atoms with Gasteiger partial charge in [0.05, 0.1) is 18.6 Å². The molecule has 10 heteroatoms. The van der Waals surface area contributed by atoms with Gasteiger partial charge in [0.1, 0.15) is 18.3 Å². The zero-order valence-corrected chi connectivity index (χ0v) is 16.3. The Labute approximate surface area is 157 Å². The maximum absolute atomic E-state index is 12.6. The number of rotatable bonds is 7. The van der Waals surface area contributed by atoms with E-state index in [-0.39, 0.29) is 4.90 Å². The minimum absolute atomic E-state index is 0.153. The molecule has 0 aromatic heterocycles. The van der Waals surface area contributed by atoms with E-state index in [0.717, 1.165) is 12.7 Å². The van der Waals surface area contributed by atoms with Gasteiger partial charge < -0.3 is 24.4 Å². The molecule has 0 bridgehead atoms. The van der Waals surface area contributed by atoms with Crippen molar-refractivity contribution in [1.82, 2.24) is 0 Å². The van der Waals surface area contributed by atoms with Gasteiger partial charge in [0.25, 0.3) is 10.1 Å². The van der Waals surface area contributed by atoms with Crippen LogP contribution in [-0.2, 0) is 33.3 Å². The molecule has 1 fully saturated rings. The van der Waals surface area contributed by atoms with E-state index in [1.165, 1.54) is 26.0 Å². The van der Waals surface area contributed by atoms with Gasteiger partial charge in [0.15, 0.2) is 5.79 Å². The summed E-state index contributed by atoms with van der Waals surface area (Å²) in [7, 11) is -3.28. The number of benzene rings is 1. The molecule has 0 spiro atoms. The molecule has 152 valence electrons. The Bertz CT molecular complexity index is 757. The first kappa shape index (κ1) is 21.7. The Balaban J connectivity index is 2.37. The molecule has 9 nitrogen and oxygen atoms in total. The van der Waals surface area contributed by atoms with Crippen LogP contribution < -0.4 is 0 Å². The van der Waals surface area contributed by atoms with Crippen molar-refractivity contribution in [2.75, 3.05) is 13.7 Å². The predicted molar refractivity (Wildman–Crippen MR) is 92.2 cm³/mol. The standard InChI is InChI=1S/C17H24O9S/c1-10-5-7-11(8-6-10)27(21,22)26-15(16(20)23-4)14-13(12(19)9-18)24-17(2,3)25-14/h5-8,12-15,18-19H,9H2,1-4H3/t12-,13-,14+,15-/m1/s1. The molecule has 2 rings (SSSR count). The summed E-state index contributed by atoms with van der Waals surface area (Å²) in [4.78, 5) is 12.1. The molecule has 0 unspecified atom stereocenters. The van der Waals surface area contributed by atoms with Crippen molar-refractivity contribution in [3.8, 4) is 0 Å². The van der Waals surface area contributed by atoms with Crippen LogP contribution in [0, 0.1) is 6.92 Å². The number of esters is 1. The van der Waals surface area contributed by atoms with Crippen LogP contribution in [0.4, 0.5) is 0 Å². The maximum atomic E-state index is 12.6. The smallest absolute Gasteiger partial charge is 0.339 e. The van der Waals surface area contributed by atoms with Crippen molar-refractivity contribution in [3.05, 3.63) is 29.8 Å². The minimum atomic E-state index is -4.34. The summed E-state index contributed by atoms with van der Waals surface area (Å²) < 4.78 is 46.1. The zero-order chi connectivity index (χ0) is 20.4. The SMILES string of the molecule is COC(=O)[C@H](OS(=O)(=O)c1ccc(C)cc1)[C@H]1OC(C)(C)O[C@@H]1[C@H](O)CO. The van der Waals surface area contributed by atoms with Crippen molar-refractivity contribution < 1.29 is 41.8 Å². The van der Waals surface area contributed by atoms with Crippen LogP contribution in [0.15, 0.2) is 29.2 Å². The third kappa shape index (κ3) is 5.03. The van der Waals surface area contributed by atoms with Crippen molar-refractivity contribution in [3.63, 3.8) is 0 Å². The fourth-order valence-corrected chi connectivity index (χ4v) is 3.74. The minimum Gasteiger partial charge on any atom is -0.467 e. The third-order valence-electron chi connectivity index (χ3n) is 4.00. The summed E-state index contributed by atoms with van der Waals surface area (Å²) in [5, 5.41) is 19.2. The number of ether oxygens (including phenoxy) is 3. The summed E-state index contributed by atoms with van der Waals surface area (Å²) in [5.74, 6) is -2.26. The summed E-state index contributed by atoms with van der Waals surface area (Å²) >= 11 is 0. The highest BCUT2D eigenvalue weighted by Crippen LogP contribution is 2.34. The zero-order valence-electron chi connectivity index (χ0n) is 15.5. The molecule has 1 aromatic rings. The van der Waals surface area contributed by atoms with Crippen molar-refractivity contribution in [2.24, 2.45) is 0 Å². The Morgan fingerprint density at radius 3 is 2.30 bits per heavy atom. The average molecular weight is 404 g/mol.